The molecule has 0 aromatic carbocycles. The average Bonchev–Trinajstić information content (AvgIpc) is 2.73. The molecule has 0 bridgehead atoms. The van der Waals surface area contributed by atoms with Gasteiger partial charge in [-0.3, -0.25) is 10.2 Å². The number of hydrogen-bond acceptors (Lipinski definition) is 2. The van der Waals surface area contributed by atoms with Crippen LogP contribution in [0.1, 0.15) is 25.7 Å². The summed E-state index contributed by atoms with van der Waals surface area (Å²) in [5, 5.41) is 2.04. The van der Waals surface area contributed by atoms with Crippen LogP contribution in [0.3, 0.4) is 0 Å². The summed E-state index contributed by atoms with van der Waals surface area (Å²) in [5.41, 5.74) is 2.94. The second kappa shape index (κ2) is 2.81. The van der Waals surface area contributed by atoms with Gasteiger partial charge in [0.2, 0.25) is 5.91 Å². The zero-order valence-electron chi connectivity index (χ0n) is 6.68. The highest BCUT2D eigenvalue weighted by Crippen LogP contribution is 2.28. The molecular weight excluding hydrogens is 140 g/mol. The van der Waals surface area contributed by atoms with E-state index in [0.717, 1.165) is 25.9 Å². The number of hydrogen-bond donors (Lipinski definition) is 1. The smallest absolute Gasteiger partial charge is 0.237 e. The third-order valence-corrected chi connectivity index (χ3v) is 2.32. The topological polar surface area (TPSA) is 32.3 Å². The molecule has 1 heterocycles. The summed E-state index contributed by atoms with van der Waals surface area (Å²) < 4.78 is 0. The minimum absolute atomic E-state index is 0.243. The highest BCUT2D eigenvalue weighted by Gasteiger charge is 2.30. The first-order chi connectivity index (χ1) is 5.36. The number of nitrogens with one attached hydrogen (secondary N) is 1. The predicted octanol–water partition coefficient (Wildman–Crippen LogP) is 0.523. The van der Waals surface area contributed by atoms with Crippen molar-refractivity contribution in [3.63, 3.8) is 0 Å². The van der Waals surface area contributed by atoms with Crippen molar-refractivity contribution in [2.75, 3.05) is 13.1 Å². The van der Waals surface area contributed by atoms with Crippen LogP contribution in [-0.2, 0) is 4.79 Å². The Bertz CT molecular complexity index is 159. The van der Waals surface area contributed by atoms with Crippen molar-refractivity contribution in [1.82, 2.24) is 10.4 Å². The largest absolute Gasteiger partial charge is 0.289 e. The quantitative estimate of drug-likeness (QED) is 0.629. The summed E-state index contributed by atoms with van der Waals surface area (Å²) in [4.78, 5) is 11.2. The molecular formula is C8H14N2O. The lowest BCUT2D eigenvalue weighted by atomic mass is 10.4. The second-order valence-electron chi connectivity index (χ2n) is 3.44. The molecule has 0 radical (unpaired) electrons. The van der Waals surface area contributed by atoms with E-state index in [1.54, 1.807) is 0 Å². The van der Waals surface area contributed by atoms with Crippen molar-refractivity contribution in [3.8, 4) is 0 Å². The summed E-state index contributed by atoms with van der Waals surface area (Å²) in [6, 6.07) is 0. The average molecular weight is 154 g/mol. The Kier molecular flexibility index (Phi) is 1.82. The van der Waals surface area contributed by atoms with Crippen LogP contribution >= 0.6 is 0 Å². The maximum atomic E-state index is 11.2. The van der Waals surface area contributed by atoms with Gasteiger partial charge in [0.05, 0.1) is 0 Å². The lowest BCUT2D eigenvalue weighted by Gasteiger charge is -2.15. The molecule has 2 rings (SSSR count). The molecule has 0 aromatic rings. The number of hydrazine groups is 1. The van der Waals surface area contributed by atoms with Crippen LogP contribution in [0.5, 0.6) is 0 Å². The number of rotatable bonds is 2. The van der Waals surface area contributed by atoms with Crippen LogP contribution in [0.2, 0.25) is 0 Å². The van der Waals surface area contributed by atoms with Crippen LogP contribution < -0.4 is 5.43 Å². The number of carbonyl (C=O) groups is 1. The predicted molar refractivity (Wildman–Crippen MR) is 41.7 cm³/mol. The van der Waals surface area contributed by atoms with E-state index in [0.29, 0.717) is 5.92 Å². The monoisotopic (exact) mass is 154 g/mol. The summed E-state index contributed by atoms with van der Waals surface area (Å²) in [6.07, 6.45) is 4.65. The van der Waals surface area contributed by atoms with Crippen molar-refractivity contribution in [2.24, 2.45) is 5.92 Å². The minimum Gasteiger partial charge on any atom is -0.289 e. The molecule has 1 saturated heterocycles. The van der Waals surface area contributed by atoms with Gasteiger partial charge in [-0.25, -0.2) is 5.01 Å². The normalized spacial score (nSPS) is 25.5. The van der Waals surface area contributed by atoms with Gasteiger partial charge in [-0.15, -0.1) is 0 Å². The third-order valence-electron chi connectivity index (χ3n) is 2.32. The van der Waals surface area contributed by atoms with E-state index in [9.17, 15) is 4.79 Å². The fourth-order valence-corrected chi connectivity index (χ4v) is 1.42. The lowest BCUT2D eigenvalue weighted by Crippen LogP contribution is -2.40. The standard InChI is InChI=1S/C8H14N2O/c11-8(7-3-4-7)9-10-5-1-2-6-10/h7H,1-6H2,(H,9,11). The molecule has 11 heavy (non-hydrogen) atoms. The molecule has 1 N–H and O–H groups in total. The van der Waals surface area contributed by atoms with E-state index in [1.807, 2.05) is 5.01 Å². The second-order valence-corrected chi connectivity index (χ2v) is 3.44. The molecule has 1 aliphatic carbocycles. The van der Waals surface area contributed by atoms with Crippen molar-refractivity contribution in [1.29, 1.82) is 0 Å². The highest BCUT2D eigenvalue weighted by atomic mass is 16.2. The highest BCUT2D eigenvalue weighted by molar-refractivity contribution is 5.80. The summed E-state index contributed by atoms with van der Waals surface area (Å²) in [7, 11) is 0. The number of nitrogens with zero attached hydrogens (tertiary/aromatic N) is 1. The van der Waals surface area contributed by atoms with Crippen LogP contribution in [0.15, 0.2) is 0 Å². The van der Waals surface area contributed by atoms with E-state index in [1.165, 1.54) is 12.8 Å². The van der Waals surface area contributed by atoms with Gasteiger partial charge in [-0.05, 0) is 25.7 Å². The maximum Gasteiger partial charge on any atom is 0.237 e. The van der Waals surface area contributed by atoms with E-state index < -0.39 is 0 Å². The van der Waals surface area contributed by atoms with Gasteiger partial charge >= 0.3 is 0 Å². The number of amides is 1. The maximum absolute atomic E-state index is 11.2. The molecule has 1 saturated carbocycles. The van der Waals surface area contributed by atoms with E-state index >= 15 is 0 Å². The molecule has 62 valence electrons. The van der Waals surface area contributed by atoms with Crippen LogP contribution in [0, 0.1) is 5.92 Å². The first kappa shape index (κ1) is 7.10. The van der Waals surface area contributed by atoms with Gasteiger partial charge in [-0.1, -0.05) is 0 Å². The SMILES string of the molecule is O=C(NN1CCCC1)C1CC1. The Labute approximate surface area is 66.7 Å². The van der Waals surface area contributed by atoms with Crippen molar-refractivity contribution in [2.45, 2.75) is 25.7 Å². The molecule has 3 heteroatoms. The lowest BCUT2D eigenvalue weighted by molar-refractivity contribution is -0.126. The zero-order valence-corrected chi connectivity index (χ0v) is 6.68. The van der Waals surface area contributed by atoms with Crippen LogP contribution in [0.25, 0.3) is 0 Å². The summed E-state index contributed by atoms with van der Waals surface area (Å²) in [6.45, 7) is 2.08. The molecule has 0 spiro atoms. The third kappa shape index (κ3) is 1.71. The van der Waals surface area contributed by atoms with Gasteiger partial charge in [0.1, 0.15) is 0 Å². The Morgan fingerprint density at radius 1 is 1.27 bits per heavy atom. The first-order valence-electron chi connectivity index (χ1n) is 4.42. The minimum atomic E-state index is 0.243. The van der Waals surface area contributed by atoms with Gasteiger partial charge in [0, 0.05) is 19.0 Å². The van der Waals surface area contributed by atoms with E-state index in [4.69, 9.17) is 0 Å². The van der Waals surface area contributed by atoms with Crippen molar-refractivity contribution >= 4 is 5.91 Å². The van der Waals surface area contributed by atoms with Gasteiger partial charge in [-0.2, -0.15) is 0 Å². The fourth-order valence-electron chi connectivity index (χ4n) is 1.42. The van der Waals surface area contributed by atoms with Gasteiger partial charge in [0.15, 0.2) is 0 Å². The van der Waals surface area contributed by atoms with Crippen molar-refractivity contribution in [3.05, 3.63) is 0 Å². The molecule has 1 amide bonds. The molecule has 0 atom stereocenters. The molecule has 1 aliphatic heterocycles. The van der Waals surface area contributed by atoms with Gasteiger partial charge < -0.3 is 0 Å². The molecule has 2 aliphatic rings. The molecule has 2 fully saturated rings. The zero-order chi connectivity index (χ0) is 7.68. The van der Waals surface area contributed by atoms with E-state index in [2.05, 4.69) is 5.43 Å². The summed E-state index contributed by atoms with van der Waals surface area (Å²) >= 11 is 0. The van der Waals surface area contributed by atoms with Crippen LogP contribution in [0.4, 0.5) is 0 Å². The van der Waals surface area contributed by atoms with Gasteiger partial charge in [0.25, 0.3) is 0 Å². The van der Waals surface area contributed by atoms with E-state index in [-0.39, 0.29) is 5.91 Å². The number of carbonyl (C=O) groups excluding carboxylic acids is 1. The molecule has 0 unspecified atom stereocenters. The van der Waals surface area contributed by atoms with Crippen LogP contribution in [-0.4, -0.2) is 24.0 Å². The fraction of sp³-hybridized carbons (Fsp3) is 0.875. The van der Waals surface area contributed by atoms with Crippen molar-refractivity contribution < 1.29 is 4.79 Å². The Morgan fingerprint density at radius 3 is 2.45 bits per heavy atom. The Balaban J connectivity index is 1.74. The molecule has 3 nitrogen and oxygen atoms in total. The Hall–Kier alpha value is -0.570. The molecule has 0 aromatic heterocycles. The Morgan fingerprint density at radius 2 is 1.91 bits per heavy atom. The summed E-state index contributed by atoms with van der Waals surface area (Å²) in [5.74, 6) is 0.586. The first-order valence-corrected chi connectivity index (χ1v) is 4.42.